The van der Waals surface area contributed by atoms with Crippen molar-refractivity contribution in [3.05, 3.63) is 70.8 Å². The number of rotatable bonds is 3. The quantitative estimate of drug-likeness (QED) is 0.767. The molecule has 0 aromatic heterocycles. The van der Waals surface area contributed by atoms with Gasteiger partial charge in [-0.3, -0.25) is 0 Å². The van der Waals surface area contributed by atoms with Gasteiger partial charge in [0.2, 0.25) is 0 Å². The lowest BCUT2D eigenvalue weighted by atomic mass is 9.99. The second-order valence-corrected chi connectivity index (χ2v) is 4.44. The molecule has 0 heterocycles. The van der Waals surface area contributed by atoms with Crippen LogP contribution in [0.5, 0.6) is 0 Å². The molecule has 1 heteroatoms. The lowest BCUT2D eigenvalue weighted by molar-refractivity contribution is 0.136. The molecular formula is C16H18O. The SMILES string of the molecule is COC(c1ccc(C)cc1)c1cccc(C)c1. The van der Waals surface area contributed by atoms with E-state index in [2.05, 4.69) is 62.4 Å². The Morgan fingerprint density at radius 2 is 1.53 bits per heavy atom. The minimum Gasteiger partial charge on any atom is -0.372 e. The normalized spacial score (nSPS) is 12.4. The molecule has 0 amide bonds. The van der Waals surface area contributed by atoms with Gasteiger partial charge in [0, 0.05) is 7.11 Å². The average Bonchev–Trinajstić information content (AvgIpc) is 2.33. The molecule has 0 fully saturated rings. The van der Waals surface area contributed by atoms with Crippen LogP contribution in [0.3, 0.4) is 0 Å². The minimum absolute atomic E-state index is 0.0236. The van der Waals surface area contributed by atoms with Gasteiger partial charge in [0.25, 0.3) is 0 Å². The molecule has 0 N–H and O–H groups in total. The summed E-state index contributed by atoms with van der Waals surface area (Å²) in [6.45, 7) is 4.20. The molecule has 0 spiro atoms. The van der Waals surface area contributed by atoms with Crippen LogP contribution in [0.1, 0.15) is 28.4 Å². The van der Waals surface area contributed by atoms with Crippen LogP contribution in [-0.4, -0.2) is 7.11 Å². The molecule has 88 valence electrons. The van der Waals surface area contributed by atoms with E-state index in [-0.39, 0.29) is 6.10 Å². The summed E-state index contributed by atoms with van der Waals surface area (Å²) in [4.78, 5) is 0. The maximum absolute atomic E-state index is 5.62. The molecule has 2 aromatic rings. The van der Waals surface area contributed by atoms with Crippen LogP contribution in [0.15, 0.2) is 48.5 Å². The zero-order valence-corrected chi connectivity index (χ0v) is 10.6. The van der Waals surface area contributed by atoms with Crippen molar-refractivity contribution < 1.29 is 4.74 Å². The average molecular weight is 226 g/mol. The molecular weight excluding hydrogens is 208 g/mol. The Labute approximate surface area is 103 Å². The first kappa shape index (κ1) is 11.9. The van der Waals surface area contributed by atoms with Gasteiger partial charge in [0.1, 0.15) is 6.10 Å². The summed E-state index contributed by atoms with van der Waals surface area (Å²) in [5.41, 5.74) is 4.93. The summed E-state index contributed by atoms with van der Waals surface area (Å²) >= 11 is 0. The number of hydrogen-bond donors (Lipinski definition) is 0. The highest BCUT2D eigenvalue weighted by molar-refractivity contribution is 5.33. The van der Waals surface area contributed by atoms with Crippen LogP contribution in [0.2, 0.25) is 0 Å². The highest BCUT2D eigenvalue weighted by atomic mass is 16.5. The molecule has 0 aliphatic carbocycles. The third kappa shape index (κ3) is 2.75. The van der Waals surface area contributed by atoms with Crippen LogP contribution >= 0.6 is 0 Å². The van der Waals surface area contributed by atoms with E-state index >= 15 is 0 Å². The third-order valence-electron chi connectivity index (χ3n) is 2.96. The monoisotopic (exact) mass is 226 g/mol. The largest absolute Gasteiger partial charge is 0.372 e. The summed E-state index contributed by atoms with van der Waals surface area (Å²) < 4.78 is 5.62. The molecule has 2 rings (SSSR count). The van der Waals surface area contributed by atoms with Crippen LogP contribution < -0.4 is 0 Å². The Balaban J connectivity index is 2.36. The molecule has 1 nitrogen and oxygen atoms in total. The summed E-state index contributed by atoms with van der Waals surface area (Å²) in [5, 5.41) is 0. The van der Waals surface area contributed by atoms with E-state index in [4.69, 9.17) is 4.74 Å². The van der Waals surface area contributed by atoms with Gasteiger partial charge in [-0.2, -0.15) is 0 Å². The van der Waals surface area contributed by atoms with Crippen LogP contribution in [0.25, 0.3) is 0 Å². The van der Waals surface area contributed by atoms with Gasteiger partial charge in [0.15, 0.2) is 0 Å². The van der Waals surface area contributed by atoms with E-state index in [0.717, 1.165) is 0 Å². The van der Waals surface area contributed by atoms with Crippen molar-refractivity contribution in [1.29, 1.82) is 0 Å². The van der Waals surface area contributed by atoms with E-state index in [1.807, 2.05) is 0 Å². The third-order valence-corrected chi connectivity index (χ3v) is 2.96. The van der Waals surface area contributed by atoms with Crippen molar-refractivity contribution in [3.63, 3.8) is 0 Å². The fraction of sp³-hybridized carbons (Fsp3) is 0.250. The molecule has 2 aromatic carbocycles. The van der Waals surface area contributed by atoms with E-state index < -0.39 is 0 Å². The van der Waals surface area contributed by atoms with Crippen LogP contribution in [-0.2, 0) is 4.74 Å². The Bertz CT molecular complexity index is 485. The lowest BCUT2D eigenvalue weighted by Gasteiger charge is -2.17. The molecule has 0 radical (unpaired) electrons. The van der Waals surface area contributed by atoms with Crippen molar-refractivity contribution in [1.82, 2.24) is 0 Å². The molecule has 0 aliphatic heterocycles. The molecule has 1 unspecified atom stereocenters. The van der Waals surface area contributed by atoms with Crippen molar-refractivity contribution >= 4 is 0 Å². The summed E-state index contributed by atoms with van der Waals surface area (Å²) in [5.74, 6) is 0. The lowest BCUT2D eigenvalue weighted by Crippen LogP contribution is -2.03. The van der Waals surface area contributed by atoms with Gasteiger partial charge >= 0.3 is 0 Å². The molecule has 0 bridgehead atoms. The van der Waals surface area contributed by atoms with E-state index in [9.17, 15) is 0 Å². The number of ether oxygens (including phenoxy) is 1. The van der Waals surface area contributed by atoms with Gasteiger partial charge in [-0.25, -0.2) is 0 Å². The zero-order chi connectivity index (χ0) is 12.3. The first-order chi connectivity index (χ1) is 8.20. The highest BCUT2D eigenvalue weighted by Crippen LogP contribution is 2.26. The second kappa shape index (κ2) is 5.15. The van der Waals surface area contributed by atoms with Gasteiger partial charge in [-0.15, -0.1) is 0 Å². The Morgan fingerprint density at radius 1 is 0.824 bits per heavy atom. The molecule has 1 atom stereocenters. The van der Waals surface area contributed by atoms with Gasteiger partial charge in [0.05, 0.1) is 0 Å². The first-order valence-corrected chi connectivity index (χ1v) is 5.86. The standard InChI is InChI=1S/C16H18O/c1-12-7-9-14(10-8-12)16(17-3)15-6-4-5-13(2)11-15/h4-11,16H,1-3H3. The van der Waals surface area contributed by atoms with E-state index in [0.29, 0.717) is 0 Å². The Hall–Kier alpha value is -1.60. The van der Waals surface area contributed by atoms with Crippen LogP contribution in [0, 0.1) is 13.8 Å². The van der Waals surface area contributed by atoms with E-state index in [1.54, 1.807) is 7.11 Å². The van der Waals surface area contributed by atoms with Gasteiger partial charge in [-0.05, 0) is 25.0 Å². The number of methoxy groups -OCH3 is 1. The molecule has 17 heavy (non-hydrogen) atoms. The maximum Gasteiger partial charge on any atom is 0.107 e. The minimum atomic E-state index is 0.0236. The Morgan fingerprint density at radius 3 is 2.12 bits per heavy atom. The highest BCUT2D eigenvalue weighted by Gasteiger charge is 2.12. The van der Waals surface area contributed by atoms with Crippen molar-refractivity contribution in [2.24, 2.45) is 0 Å². The predicted octanol–water partition coefficient (Wildman–Crippen LogP) is 4.04. The maximum atomic E-state index is 5.62. The number of aryl methyl sites for hydroxylation is 2. The van der Waals surface area contributed by atoms with Gasteiger partial charge < -0.3 is 4.74 Å². The molecule has 0 aliphatic rings. The van der Waals surface area contributed by atoms with Crippen molar-refractivity contribution in [3.8, 4) is 0 Å². The van der Waals surface area contributed by atoms with Gasteiger partial charge in [-0.1, -0.05) is 59.7 Å². The zero-order valence-electron chi connectivity index (χ0n) is 10.6. The van der Waals surface area contributed by atoms with Crippen molar-refractivity contribution in [2.75, 3.05) is 7.11 Å². The summed E-state index contributed by atoms with van der Waals surface area (Å²) in [7, 11) is 1.76. The topological polar surface area (TPSA) is 9.23 Å². The molecule has 0 saturated heterocycles. The number of benzene rings is 2. The number of hydrogen-bond acceptors (Lipinski definition) is 1. The first-order valence-electron chi connectivity index (χ1n) is 5.86. The summed E-state index contributed by atoms with van der Waals surface area (Å²) in [6, 6.07) is 17.0. The smallest absolute Gasteiger partial charge is 0.107 e. The fourth-order valence-corrected chi connectivity index (χ4v) is 2.04. The Kier molecular flexibility index (Phi) is 3.60. The second-order valence-electron chi connectivity index (χ2n) is 4.44. The van der Waals surface area contributed by atoms with Crippen LogP contribution in [0.4, 0.5) is 0 Å². The van der Waals surface area contributed by atoms with Crippen molar-refractivity contribution in [2.45, 2.75) is 20.0 Å². The molecule has 0 saturated carbocycles. The fourth-order valence-electron chi connectivity index (χ4n) is 2.04. The van der Waals surface area contributed by atoms with E-state index in [1.165, 1.54) is 22.3 Å². The summed E-state index contributed by atoms with van der Waals surface area (Å²) in [6.07, 6.45) is 0.0236. The predicted molar refractivity (Wildman–Crippen MR) is 71.2 cm³/mol.